The Balaban J connectivity index is 1.54. The van der Waals surface area contributed by atoms with E-state index in [9.17, 15) is 9.59 Å². The average molecular weight is 383 g/mol. The number of piperidine rings is 1. The van der Waals surface area contributed by atoms with Crippen molar-refractivity contribution < 1.29 is 9.59 Å². The SMILES string of the molecule is CCNC(=NCCN1C(=O)CCCC1=O)N1CC2(CCCC2)c2ccccc21. The molecular formula is C22H30N4O2. The molecule has 0 unspecified atom stereocenters. The van der Waals surface area contributed by atoms with Crippen LogP contribution in [0.15, 0.2) is 29.3 Å². The number of anilines is 1. The van der Waals surface area contributed by atoms with E-state index in [-0.39, 0.29) is 17.2 Å². The Morgan fingerprint density at radius 1 is 1.11 bits per heavy atom. The van der Waals surface area contributed by atoms with Gasteiger partial charge in [-0.1, -0.05) is 31.0 Å². The molecular weight excluding hydrogens is 352 g/mol. The number of nitrogens with one attached hydrogen (secondary N) is 1. The van der Waals surface area contributed by atoms with Crippen molar-refractivity contribution in [1.29, 1.82) is 0 Å². The number of para-hydroxylation sites is 1. The Labute approximate surface area is 167 Å². The van der Waals surface area contributed by atoms with Gasteiger partial charge in [0.15, 0.2) is 5.96 Å². The summed E-state index contributed by atoms with van der Waals surface area (Å²) in [6, 6.07) is 8.69. The summed E-state index contributed by atoms with van der Waals surface area (Å²) < 4.78 is 0. The maximum Gasteiger partial charge on any atom is 0.229 e. The standard InChI is InChI=1S/C22H30N4O2/c1-2-23-21(24-14-15-25-19(27)10-7-11-20(25)28)26-16-22(12-5-6-13-22)17-8-3-4-9-18(17)26/h3-4,8-9H,2,5-7,10-16H2,1H3,(H,23,24). The molecule has 28 heavy (non-hydrogen) atoms. The van der Waals surface area contributed by atoms with Gasteiger partial charge in [-0.3, -0.25) is 19.5 Å². The largest absolute Gasteiger partial charge is 0.356 e. The van der Waals surface area contributed by atoms with E-state index in [2.05, 4.69) is 41.4 Å². The fourth-order valence-corrected chi connectivity index (χ4v) is 5.00. The number of amides is 2. The number of rotatable bonds is 4. The maximum absolute atomic E-state index is 12.0. The predicted molar refractivity (Wildman–Crippen MR) is 110 cm³/mol. The van der Waals surface area contributed by atoms with Gasteiger partial charge in [-0.15, -0.1) is 0 Å². The number of fused-ring (bicyclic) bond motifs is 2. The van der Waals surface area contributed by atoms with Crippen LogP contribution in [0.2, 0.25) is 0 Å². The summed E-state index contributed by atoms with van der Waals surface area (Å²) in [4.78, 5) is 32.5. The smallest absolute Gasteiger partial charge is 0.229 e. The molecule has 1 aliphatic carbocycles. The molecule has 0 aromatic heterocycles. The Morgan fingerprint density at radius 2 is 1.82 bits per heavy atom. The second kappa shape index (κ2) is 7.94. The molecule has 1 saturated heterocycles. The Kier molecular flexibility index (Phi) is 5.38. The van der Waals surface area contributed by atoms with Gasteiger partial charge in [0.25, 0.3) is 0 Å². The molecule has 3 aliphatic rings. The average Bonchev–Trinajstić information content (AvgIpc) is 3.30. The normalized spacial score (nSPS) is 21.5. The highest BCUT2D eigenvalue weighted by atomic mass is 16.2. The molecule has 6 heteroatoms. The van der Waals surface area contributed by atoms with Gasteiger partial charge in [-0.25, -0.2) is 0 Å². The van der Waals surface area contributed by atoms with E-state index < -0.39 is 0 Å². The number of aliphatic imine (C=N–C) groups is 1. The van der Waals surface area contributed by atoms with Crippen molar-refractivity contribution in [3.63, 3.8) is 0 Å². The van der Waals surface area contributed by atoms with E-state index in [4.69, 9.17) is 4.99 Å². The molecule has 0 radical (unpaired) electrons. The van der Waals surface area contributed by atoms with Crippen molar-refractivity contribution in [2.75, 3.05) is 31.1 Å². The van der Waals surface area contributed by atoms with Crippen LogP contribution in [-0.4, -0.2) is 48.9 Å². The lowest BCUT2D eigenvalue weighted by atomic mass is 9.81. The van der Waals surface area contributed by atoms with Crippen LogP contribution in [0, 0.1) is 0 Å². The molecule has 2 fully saturated rings. The third kappa shape index (κ3) is 3.40. The van der Waals surface area contributed by atoms with E-state index >= 15 is 0 Å². The Bertz CT molecular complexity index is 766. The zero-order valence-corrected chi connectivity index (χ0v) is 16.7. The number of likely N-dealkylation sites (tertiary alicyclic amines) is 1. The number of nitrogens with zero attached hydrogens (tertiary/aromatic N) is 3. The van der Waals surface area contributed by atoms with Gasteiger partial charge in [-0.2, -0.15) is 0 Å². The molecule has 1 spiro atoms. The fourth-order valence-electron chi connectivity index (χ4n) is 5.00. The summed E-state index contributed by atoms with van der Waals surface area (Å²) in [5.41, 5.74) is 2.93. The zero-order valence-electron chi connectivity index (χ0n) is 16.7. The van der Waals surface area contributed by atoms with Crippen LogP contribution in [0.4, 0.5) is 5.69 Å². The van der Waals surface area contributed by atoms with Gasteiger partial charge >= 0.3 is 0 Å². The minimum absolute atomic E-state index is 0.0622. The summed E-state index contributed by atoms with van der Waals surface area (Å²) in [5, 5.41) is 3.42. The Morgan fingerprint density at radius 3 is 2.54 bits per heavy atom. The number of guanidine groups is 1. The summed E-state index contributed by atoms with van der Waals surface area (Å²) in [6.45, 7) is 4.62. The highest BCUT2D eigenvalue weighted by molar-refractivity contribution is 5.99. The summed E-state index contributed by atoms with van der Waals surface area (Å²) in [5.74, 6) is 0.733. The molecule has 2 heterocycles. The minimum atomic E-state index is -0.0622. The molecule has 4 rings (SSSR count). The van der Waals surface area contributed by atoms with Crippen molar-refractivity contribution in [2.24, 2.45) is 4.99 Å². The predicted octanol–water partition coefficient (Wildman–Crippen LogP) is 2.82. The molecule has 0 bridgehead atoms. The number of benzene rings is 1. The number of hydrogen-bond acceptors (Lipinski definition) is 3. The molecule has 6 nitrogen and oxygen atoms in total. The maximum atomic E-state index is 12.0. The molecule has 150 valence electrons. The molecule has 1 aromatic carbocycles. The summed E-state index contributed by atoms with van der Waals surface area (Å²) >= 11 is 0. The third-order valence-electron chi connectivity index (χ3n) is 6.35. The first kappa shape index (κ1) is 19.0. The second-order valence-electron chi connectivity index (χ2n) is 8.12. The van der Waals surface area contributed by atoms with Crippen LogP contribution >= 0.6 is 0 Å². The number of imide groups is 1. The van der Waals surface area contributed by atoms with E-state index in [0.717, 1.165) is 19.0 Å². The lowest BCUT2D eigenvalue weighted by molar-refractivity contribution is -0.147. The quantitative estimate of drug-likeness (QED) is 0.494. The van der Waals surface area contributed by atoms with Crippen LogP contribution in [-0.2, 0) is 15.0 Å². The van der Waals surface area contributed by atoms with Gasteiger partial charge in [0.05, 0.1) is 6.54 Å². The van der Waals surface area contributed by atoms with Gasteiger partial charge in [0.1, 0.15) is 0 Å². The van der Waals surface area contributed by atoms with E-state index in [1.165, 1.54) is 41.8 Å². The fraction of sp³-hybridized carbons (Fsp3) is 0.591. The minimum Gasteiger partial charge on any atom is -0.356 e. The first-order valence-electron chi connectivity index (χ1n) is 10.6. The van der Waals surface area contributed by atoms with Gasteiger partial charge < -0.3 is 10.2 Å². The monoisotopic (exact) mass is 382 g/mol. The number of carbonyl (C=O) groups is 2. The van der Waals surface area contributed by atoms with Gasteiger partial charge in [0, 0.05) is 43.6 Å². The first-order chi connectivity index (χ1) is 13.6. The van der Waals surface area contributed by atoms with Crippen LogP contribution in [0.25, 0.3) is 0 Å². The van der Waals surface area contributed by atoms with Crippen molar-refractivity contribution in [3.05, 3.63) is 29.8 Å². The number of hydrogen-bond donors (Lipinski definition) is 1. The van der Waals surface area contributed by atoms with Gasteiger partial charge in [0.2, 0.25) is 11.8 Å². The summed E-state index contributed by atoms with van der Waals surface area (Å²) in [7, 11) is 0. The zero-order chi connectivity index (χ0) is 19.6. The highest BCUT2D eigenvalue weighted by Crippen LogP contribution is 2.50. The molecule has 1 aromatic rings. The van der Waals surface area contributed by atoms with Crippen molar-refractivity contribution in [2.45, 2.75) is 57.3 Å². The molecule has 2 amide bonds. The molecule has 1 N–H and O–H groups in total. The third-order valence-corrected chi connectivity index (χ3v) is 6.35. The van der Waals surface area contributed by atoms with Crippen molar-refractivity contribution in [3.8, 4) is 0 Å². The first-order valence-corrected chi connectivity index (χ1v) is 10.6. The molecule has 0 atom stereocenters. The second-order valence-corrected chi connectivity index (χ2v) is 8.12. The lowest BCUT2D eigenvalue weighted by Crippen LogP contribution is -2.45. The highest BCUT2D eigenvalue weighted by Gasteiger charge is 2.45. The van der Waals surface area contributed by atoms with E-state index in [1.54, 1.807) is 0 Å². The van der Waals surface area contributed by atoms with Crippen molar-refractivity contribution in [1.82, 2.24) is 10.2 Å². The van der Waals surface area contributed by atoms with Crippen molar-refractivity contribution >= 4 is 23.5 Å². The molecule has 1 saturated carbocycles. The van der Waals surface area contributed by atoms with E-state index in [1.807, 2.05) is 0 Å². The van der Waals surface area contributed by atoms with E-state index in [0.29, 0.717) is 32.4 Å². The summed E-state index contributed by atoms with van der Waals surface area (Å²) in [6.07, 6.45) is 6.65. The van der Waals surface area contributed by atoms with Crippen LogP contribution in [0.1, 0.15) is 57.4 Å². The Hall–Kier alpha value is -2.37. The van der Waals surface area contributed by atoms with Crippen LogP contribution < -0.4 is 10.2 Å². The van der Waals surface area contributed by atoms with Gasteiger partial charge in [-0.05, 0) is 37.8 Å². The topological polar surface area (TPSA) is 65.0 Å². The molecule has 2 aliphatic heterocycles. The van der Waals surface area contributed by atoms with Crippen LogP contribution in [0.5, 0.6) is 0 Å². The lowest BCUT2D eigenvalue weighted by Gasteiger charge is -2.27. The van der Waals surface area contributed by atoms with Crippen LogP contribution in [0.3, 0.4) is 0 Å². The number of carbonyl (C=O) groups excluding carboxylic acids is 2.